The van der Waals surface area contributed by atoms with Crippen LogP contribution in [0.1, 0.15) is 0 Å². The van der Waals surface area contributed by atoms with Crippen molar-refractivity contribution < 1.29 is 0 Å². The number of fused-ring (bicyclic) bond motifs is 8. The van der Waals surface area contributed by atoms with Crippen molar-refractivity contribution in [2.45, 2.75) is 0 Å². The fourth-order valence-corrected chi connectivity index (χ4v) is 12.9. The third-order valence-corrected chi connectivity index (χ3v) is 17.5. The van der Waals surface area contributed by atoms with Crippen molar-refractivity contribution in [1.82, 2.24) is 29.9 Å². The molecule has 4 aromatic heterocycles. The molecule has 0 saturated carbocycles. The first-order chi connectivity index (χ1) is 45.6. The van der Waals surface area contributed by atoms with Gasteiger partial charge in [-0.25, -0.2) is 19.9 Å². The molecule has 0 unspecified atom stereocenters. The van der Waals surface area contributed by atoms with E-state index in [9.17, 15) is 0 Å². The molecule has 17 aromatic rings. The van der Waals surface area contributed by atoms with Gasteiger partial charge in [0.05, 0.1) is 11.4 Å². The Labute approximate surface area is 533 Å². The Morgan fingerprint density at radius 1 is 0.185 bits per heavy atom. The van der Waals surface area contributed by atoms with Gasteiger partial charge >= 0.3 is 0 Å². The van der Waals surface area contributed by atoms with Crippen LogP contribution in [0.4, 0.5) is 0 Å². The zero-order chi connectivity index (χ0) is 61.2. The number of pyridine rings is 2. The summed E-state index contributed by atoms with van der Waals surface area (Å²) < 4.78 is 0. The normalized spacial score (nSPS) is 11.3. The van der Waals surface area contributed by atoms with E-state index in [1.54, 1.807) is 12.4 Å². The van der Waals surface area contributed by atoms with Gasteiger partial charge in [-0.05, 0) is 129 Å². The monoisotopic (exact) mass is 1170 g/mol. The first-order valence-corrected chi connectivity index (χ1v) is 30.9. The van der Waals surface area contributed by atoms with E-state index in [1.165, 1.54) is 76.1 Å². The molecule has 0 N–H and O–H groups in total. The average Bonchev–Trinajstić information content (AvgIpc) is 0.794. The predicted octanol–water partition coefficient (Wildman–Crippen LogP) is 22.2. The van der Waals surface area contributed by atoms with E-state index in [2.05, 4.69) is 271 Å². The standard InChI is InChI=1S/C49H31N3.C37H25N3/c1-2-15-39-32(10-1)11-8-20-40(39)33-21-23-34(24-22-33)48-47(36-13-7-12-35(28-36)38-14-9-27-50-30-38)31-51-49(52-48)37-25-26-45-43-18-4-3-16-41(43)42-17-5-6-19-44(42)46(45)29-37;1-2-10-29(11-3-1)37-39-25-35(31-14-6-13-30(23-31)32-15-8-22-38-24-32)36(40-37)28-20-18-27(19-21-28)34-17-7-12-26-9-4-5-16-33(26)34/h1-31H;1-25H. The molecule has 0 spiro atoms. The van der Waals surface area contributed by atoms with Crippen LogP contribution in [0.3, 0.4) is 0 Å². The topological polar surface area (TPSA) is 77.3 Å². The van der Waals surface area contributed by atoms with Crippen LogP contribution in [0.5, 0.6) is 0 Å². The molecule has 17 rings (SSSR count). The van der Waals surface area contributed by atoms with E-state index in [-0.39, 0.29) is 0 Å². The lowest BCUT2D eigenvalue weighted by molar-refractivity contribution is 1.18. The second kappa shape index (κ2) is 24.3. The zero-order valence-electron chi connectivity index (χ0n) is 50.0. The third kappa shape index (κ3) is 10.7. The van der Waals surface area contributed by atoms with Gasteiger partial charge in [-0.1, -0.05) is 273 Å². The molecule has 0 radical (unpaired) electrons. The van der Waals surface area contributed by atoms with E-state index in [0.717, 1.165) is 78.1 Å². The number of benzene rings is 13. The molecule has 0 aliphatic carbocycles. The fourth-order valence-electron chi connectivity index (χ4n) is 12.9. The van der Waals surface area contributed by atoms with Crippen molar-refractivity contribution >= 4 is 53.9 Å². The lowest BCUT2D eigenvalue weighted by Crippen LogP contribution is -1.97. The Balaban J connectivity index is 0.000000152. The van der Waals surface area contributed by atoms with Crippen LogP contribution < -0.4 is 0 Å². The highest BCUT2D eigenvalue weighted by Gasteiger charge is 2.19. The molecule has 6 heteroatoms. The van der Waals surface area contributed by atoms with Crippen molar-refractivity contribution in [3.8, 4) is 112 Å². The minimum atomic E-state index is 0.694. The van der Waals surface area contributed by atoms with Gasteiger partial charge in [0.25, 0.3) is 0 Å². The first kappa shape index (κ1) is 55.0. The third-order valence-electron chi connectivity index (χ3n) is 17.5. The largest absolute Gasteiger partial charge is 0.264 e. The van der Waals surface area contributed by atoms with E-state index in [0.29, 0.717) is 11.6 Å². The first-order valence-electron chi connectivity index (χ1n) is 30.9. The molecule has 0 atom stereocenters. The molecule has 92 heavy (non-hydrogen) atoms. The van der Waals surface area contributed by atoms with Crippen LogP contribution in [0.25, 0.3) is 166 Å². The lowest BCUT2D eigenvalue weighted by Gasteiger charge is -2.14. The fraction of sp³-hybridized carbons (Fsp3) is 0. The molecular weight excluding hydrogens is 1120 g/mol. The minimum absolute atomic E-state index is 0.694. The van der Waals surface area contributed by atoms with Gasteiger partial charge in [0, 0.05) is 81.7 Å². The van der Waals surface area contributed by atoms with Crippen LogP contribution in [0.2, 0.25) is 0 Å². The lowest BCUT2D eigenvalue weighted by atomic mass is 9.93. The molecule has 0 aliphatic rings. The van der Waals surface area contributed by atoms with Gasteiger partial charge in [0.2, 0.25) is 0 Å². The summed E-state index contributed by atoms with van der Waals surface area (Å²) in [7, 11) is 0. The average molecular weight is 1170 g/mol. The van der Waals surface area contributed by atoms with Crippen molar-refractivity contribution in [3.63, 3.8) is 0 Å². The molecule has 0 fully saturated rings. The Morgan fingerprint density at radius 3 is 1.02 bits per heavy atom. The summed E-state index contributed by atoms with van der Waals surface area (Å²) in [4.78, 5) is 29.0. The van der Waals surface area contributed by atoms with E-state index in [4.69, 9.17) is 19.9 Å². The molecule has 0 bridgehead atoms. The summed E-state index contributed by atoms with van der Waals surface area (Å²) in [5.74, 6) is 1.40. The smallest absolute Gasteiger partial charge is 0.159 e. The predicted molar refractivity (Wildman–Crippen MR) is 382 cm³/mol. The van der Waals surface area contributed by atoms with Crippen molar-refractivity contribution in [2.75, 3.05) is 0 Å². The van der Waals surface area contributed by atoms with Gasteiger partial charge in [-0.2, -0.15) is 0 Å². The second-order valence-corrected chi connectivity index (χ2v) is 23.0. The summed E-state index contributed by atoms with van der Waals surface area (Å²) in [5, 5.41) is 12.4. The number of nitrogens with zero attached hydrogens (tertiary/aromatic N) is 6. The number of hydrogen-bond acceptors (Lipinski definition) is 6. The van der Waals surface area contributed by atoms with Crippen LogP contribution in [0.15, 0.2) is 340 Å². The maximum absolute atomic E-state index is 5.37. The highest BCUT2D eigenvalue weighted by molar-refractivity contribution is 6.25. The van der Waals surface area contributed by atoms with Crippen LogP contribution >= 0.6 is 0 Å². The molecule has 0 amide bonds. The molecule has 4 heterocycles. The maximum Gasteiger partial charge on any atom is 0.159 e. The summed E-state index contributed by atoms with van der Waals surface area (Å²) in [6, 6.07) is 107. The molecule has 0 aliphatic heterocycles. The zero-order valence-corrected chi connectivity index (χ0v) is 50.0. The summed E-state index contributed by atoms with van der Waals surface area (Å²) in [5.41, 5.74) is 19.1. The van der Waals surface area contributed by atoms with Gasteiger partial charge < -0.3 is 0 Å². The molecule has 430 valence electrons. The van der Waals surface area contributed by atoms with Gasteiger partial charge in [-0.15, -0.1) is 0 Å². The molecule has 0 saturated heterocycles. The molecular formula is C86H56N6. The van der Waals surface area contributed by atoms with Crippen LogP contribution in [0, 0.1) is 0 Å². The van der Waals surface area contributed by atoms with E-state index >= 15 is 0 Å². The van der Waals surface area contributed by atoms with Crippen LogP contribution in [-0.4, -0.2) is 29.9 Å². The van der Waals surface area contributed by atoms with Crippen molar-refractivity contribution in [3.05, 3.63) is 340 Å². The van der Waals surface area contributed by atoms with Crippen LogP contribution in [-0.2, 0) is 0 Å². The highest BCUT2D eigenvalue weighted by Crippen LogP contribution is 2.41. The van der Waals surface area contributed by atoms with Gasteiger partial charge in [0.15, 0.2) is 11.6 Å². The Kier molecular flexibility index (Phi) is 14.5. The molecule has 6 nitrogen and oxygen atoms in total. The Hall–Kier alpha value is -12.4. The number of rotatable bonds is 10. The van der Waals surface area contributed by atoms with E-state index in [1.807, 2.05) is 67.3 Å². The summed E-state index contributed by atoms with van der Waals surface area (Å²) in [6.45, 7) is 0. The number of hydrogen-bond donors (Lipinski definition) is 0. The quantitative estimate of drug-likeness (QED) is 0.127. The van der Waals surface area contributed by atoms with Gasteiger partial charge in [0.1, 0.15) is 0 Å². The summed E-state index contributed by atoms with van der Waals surface area (Å²) >= 11 is 0. The second-order valence-electron chi connectivity index (χ2n) is 23.0. The SMILES string of the molecule is c1ccc(-c2ncc(-c3cccc(-c4cccnc4)c3)c(-c3ccc(-c4cccc5ccccc45)cc3)n2)cc1.c1cncc(-c2cccc(-c3cnc(-c4ccc5c6ccccc6c6ccccc6c5c4)nc3-c3ccc(-c4cccc5ccccc45)cc3)c2)c1. The number of aromatic nitrogens is 6. The molecule has 13 aromatic carbocycles. The highest BCUT2D eigenvalue weighted by atomic mass is 14.9. The van der Waals surface area contributed by atoms with Crippen molar-refractivity contribution in [2.24, 2.45) is 0 Å². The maximum atomic E-state index is 5.37. The van der Waals surface area contributed by atoms with Crippen molar-refractivity contribution in [1.29, 1.82) is 0 Å². The summed E-state index contributed by atoms with van der Waals surface area (Å²) in [6.07, 6.45) is 11.3. The Morgan fingerprint density at radius 2 is 0.543 bits per heavy atom. The Bertz CT molecular complexity index is 5510. The van der Waals surface area contributed by atoms with Gasteiger partial charge in [-0.3, -0.25) is 9.97 Å². The minimum Gasteiger partial charge on any atom is -0.264 e. The van der Waals surface area contributed by atoms with E-state index < -0.39 is 0 Å².